The van der Waals surface area contributed by atoms with E-state index in [0.29, 0.717) is 0 Å². The zero-order valence-electron chi connectivity index (χ0n) is 11.1. The SMILES string of the molecule is CC1NCCCC1NC(=O)c1ccc(F)cc1[N+](=O)[O-]. The molecule has 2 unspecified atom stereocenters. The van der Waals surface area contributed by atoms with Crippen molar-refractivity contribution in [3.05, 3.63) is 39.7 Å². The van der Waals surface area contributed by atoms with Crippen LogP contribution in [0.3, 0.4) is 0 Å². The standard InChI is InChI=1S/C13H16FN3O3/c1-8-11(3-2-6-15-8)16-13(18)10-5-4-9(14)7-12(10)17(19)20/h4-5,7-8,11,15H,2-3,6H2,1H3,(H,16,18). The first-order valence-corrected chi connectivity index (χ1v) is 6.47. The van der Waals surface area contributed by atoms with Crippen molar-refractivity contribution in [2.24, 2.45) is 0 Å². The van der Waals surface area contributed by atoms with Crippen LogP contribution >= 0.6 is 0 Å². The number of rotatable bonds is 3. The zero-order chi connectivity index (χ0) is 14.7. The van der Waals surface area contributed by atoms with Crippen LogP contribution in [0.5, 0.6) is 0 Å². The van der Waals surface area contributed by atoms with E-state index in [1.807, 2.05) is 6.92 Å². The summed E-state index contributed by atoms with van der Waals surface area (Å²) in [5.74, 6) is -1.28. The average molecular weight is 281 g/mol. The van der Waals surface area contributed by atoms with Gasteiger partial charge in [0.05, 0.1) is 11.0 Å². The second-order valence-corrected chi connectivity index (χ2v) is 4.88. The largest absolute Gasteiger partial charge is 0.348 e. The van der Waals surface area contributed by atoms with Gasteiger partial charge >= 0.3 is 0 Å². The number of carbonyl (C=O) groups is 1. The normalized spacial score (nSPS) is 22.3. The van der Waals surface area contributed by atoms with Gasteiger partial charge in [0.15, 0.2) is 0 Å². The van der Waals surface area contributed by atoms with E-state index in [0.717, 1.165) is 37.6 Å². The van der Waals surface area contributed by atoms with Crippen molar-refractivity contribution in [3.63, 3.8) is 0 Å². The lowest BCUT2D eigenvalue weighted by atomic mass is 9.99. The molecule has 0 radical (unpaired) electrons. The van der Waals surface area contributed by atoms with Gasteiger partial charge in [0.1, 0.15) is 11.4 Å². The summed E-state index contributed by atoms with van der Waals surface area (Å²) in [4.78, 5) is 22.3. The number of nitrogens with one attached hydrogen (secondary N) is 2. The van der Waals surface area contributed by atoms with E-state index >= 15 is 0 Å². The lowest BCUT2D eigenvalue weighted by Crippen LogP contribution is -2.51. The molecule has 2 rings (SSSR count). The predicted octanol–water partition coefficient (Wildman–Crippen LogP) is 1.60. The Morgan fingerprint density at radius 1 is 1.55 bits per heavy atom. The number of benzene rings is 1. The molecule has 1 heterocycles. The molecule has 0 saturated carbocycles. The van der Waals surface area contributed by atoms with Crippen molar-refractivity contribution >= 4 is 11.6 Å². The fraction of sp³-hybridized carbons (Fsp3) is 0.462. The summed E-state index contributed by atoms with van der Waals surface area (Å²) >= 11 is 0. The Bertz CT molecular complexity index is 536. The Morgan fingerprint density at radius 3 is 2.95 bits per heavy atom. The Labute approximate surface area is 115 Å². The molecule has 2 N–H and O–H groups in total. The highest BCUT2D eigenvalue weighted by molar-refractivity contribution is 5.98. The molecule has 0 spiro atoms. The number of carbonyl (C=O) groups excluding carboxylic acids is 1. The smallest absolute Gasteiger partial charge is 0.285 e. The number of hydrogen-bond donors (Lipinski definition) is 2. The number of amides is 1. The number of nitro benzene ring substituents is 1. The van der Waals surface area contributed by atoms with E-state index in [1.165, 1.54) is 0 Å². The molecule has 7 heteroatoms. The fourth-order valence-electron chi connectivity index (χ4n) is 2.34. The monoisotopic (exact) mass is 281 g/mol. The maximum absolute atomic E-state index is 13.0. The van der Waals surface area contributed by atoms with Gasteiger partial charge in [-0.2, -0.15) is 0 Å². The first-order valence-electron chi connectivity index (χ1n) is 6.47. The van der Waals surface area contributed by atoms with Crippen molar-refractivity contribution in [3.8, 4) is 0 Å². The second kappa shape index (κ2) is 5.96. The van der Waals surface area contributed by atoms with Crippen LogP contribution in [0.15, 0.2) is 18.2 Å². The molecule has 1 aromatic rings. The lowest BCUT2D eigenvalue weighted by molar-refractivity contribution is -0.385. The lowest BCUT2D eigenvalue weighted by Gasteiger charge is -2.30. The van der Waals surface area contributed by atoms with Crippen LogP contribution < -0.4 is 10.6 Å². The minimum Gasteiger partial charge on any atom is -0.348 e. The van der Waals surface area contributed by atoms with Gasteiger partial charge in [0, 0.05) is 12.1 Å². The third-order valence-electron chi connectivity index (χ3n) is 3.48. The minimum atomic E-state index is -0.749. The van der Waals surface area contributed by atoms with Crippen LogP contribution in [0, 0.1) is 15.9 Å². The summed E-state index contributed by atoms with van der Waals surface area (Å²) in [5.41, 5.74) is -0.631. The van der Waals surface area contributed by atoms with E-state index in [-0.39, 0.29) is 17.6 Å². The van der Waals surface area contributed by atoms with Crippen molar-refractivity contribution in [2.45, 2.75) is 31.8 Å². The van der Waals surface area contributed by atoms with Crippen LogP contribution in [0.2, 0.25) is 0 Å². The maximum Gasteiger partial charge on any atom is 0.285 e. The molecular formula is C13H16FN3O3. The summed E-state index contributed by atoms with van der Waals surface area (Å²) < 4.78 is 13.0. The van der Waals surface area contributed by atoms with Gasteiger partial charge in [-0.1, -0.05) is 0 Å². The highest BCUT2D eigenvalue weighted by Crippen LogP contribution is 2.20. The molecule has 108 valence electrons. The quantitative estimate of drug-likeness (QED) is 0.651. The fourth-order valence-corrected chi connectivity index (χ4v) is 2.34. The van der Waals surface area contributed by atoms with Crippen LogP contribution in [-0.2, 0) is 0 Å². The summed E-state index contributed by atoms with van der Waals surface area (Å²) in [5, 5.41) is 16.9. The van der Waals surface area contributed by atoms with E-state index in [4.69, 9.17) is 0 Å². The molecule has 2 atom stereocenters. The van der Waals surface area contributed by atoms with Crippen molar-refractivity contribution in [2.75, 3.05) is 6.54 Å². The van der Waals surface area contributed by atoms with E-state index in [2.05, 4.69) is 10.6 Å². The van der Waals surface area contributed by atoms with Crippen molar-refractivity contribution in [1.82, 2.24) is 10.6 Å². The predicted molar refractivity (Wildman–Crippen MR) is 71.0 cm³/mol. The number of nitrogens with zero attached hydrogens (tertiary/aromatic N) is 1. The number of hydrogen-bond acceptors (Lipinski definition) is 4. The Balaban J connectivity index is 2.18. The van der Waals surface area contributed by atoms with Crippen LogP contribution in [0.1, 0.15) is 30.1 Å². The first-order chi connectivity index (χ1) is 9.49. The highest BCUT2D eigenvalue weighted by atomic mass is 19.1. The molecule has 1 aromatic carbocycles. The molecule has 20 heavy (non-hydrogen) atoms. The van der Waals surface area contributed by atoms with Crippen molar-refractivity contribution in [1.29, 1.82) is 0 Å². The molecule has 1 fully saturated rings. The van der Waals surface area contributed by atoms with Gasteiger partial charge < -0.3 is 10.6 Å². The van der Waals surface area contributed by atoms with Crippen LogP contribution in [0.4, 0.5) is 10.1 Å². The zero-order valence-corrected chi connectivity index (χ0v) is 11.1. The molecule has 1 aliphatic heterocycles. The average Bonchev–Trinajstić information content (AvgIpc) is 2.41. The third kappa shape index (κ3) is 3.11. The maximum atomic E-state index is 13.0. The van der Waals surface area contributed by atoms with Crippen molar-refractivity contribution < 1.29 is 14.1 Å². The summed E-state index contributed by atoms with van der Waals surface area (Å²) in [6.07, 6.45) is 1.75. The van der Waals surface area contributed by atoms with Gasteiger partial charge in [-0.05, 0) is 38.4 Å². The molecule has 1 aliphatic rings. The summed E-state index contributed by atoms with van der Waals surface area (Å²) in [7, 11) is 0. The first kappa shape index (κ1) is 14.4. The Kier molecular flexibility index (Phi) is 4.29. The molecule has 6 nitrogen and oxygen atoms in total. The van der Waals surface area contributed by atoms with Gasteiger partial charge in [-0.25, -0.2) is 4.39 Å². The summed E-state index contributed by atoms with van der Waals surface area (Å²) in [6, 6.07) is 2.97. The topological polar surface area (TPSA) is 84.3 Å². The molecule has 0 bridgehead atoms. The highest BCUT2D eigenvalue weighted by Gasteiger charge is 2.26. The Hall–Kier alpha value is -2.02. The minimum absolute atomic E-state index is 0.0825. The van der Waals surface area contributed by atoms with Crippen LogP contribution in [-0.4, -0.2) is 29.5 Å². The second-order valence-electron chi connectivity index (χ2n) is 4.88. The van der Waals surface area contributed by atoms with E-state index < -0.39 is 22.3 Å². The van der Waals surface area contributed by atoms with Crippen LogP contribution in [0.25, 0.3) is 0 Å². The molecule has 0 aliphatic carbocycles. The molecule has 1 amide bonds. The number of piperidine rings is 1. The van der Waals surface area contributed by atoms with Gasteiger partial charge in [0.2, 0.25) is 0 Å². The molecule has 1 saturated heterocycles. The number of nitro groups is 1. The summed E-state index contributed by atoms with van der Waals surface area (Å²) in [6.45, 7) is 2.84. The third-order valence-corrected chi connectivity index (χ3v) is 3.48. The van der Waals surface area contributed by atoms with Gasteiger partial charge in [-0.3, -0.25) is 14.9 Å². The van der Waals surface area contributed by atoms with E-state index in [9.17, 15) is 19.3 Å². The molecule has 0 aromatic heterocycles. The van der Waals surface area contributed by atoms with Gasteiger partial charge in [0.25, 0.3) is 11.6 Å². The van der Waals surface area contributed by atoms with Gasteiger partial charge in [-0.15, -0.1) is 0 Å². The van der Waals surface area contributed by atoms with E-state index in [1.54, 1.807) is 0 Å². The number of halogens is 1. The Morgan fingerprint density at radius 2 is 2.30 bits per heavy atom. The molecular weight excluding hydrogens is 265 g/mol.